The maximum absolute atomic E-state index is 11.9. The molecule has 1 aliphatic carbocycles. The Hall–Kier alpha value is -2.82. The molecule has 2 aromatic carbocycles. The van der Waals surface area contributed by atoms with Gasteiger partial charge in [0.2, 0.25) is 0 Å². The van der Waals surface area contributed by atoms with E-state index in [-0.39, 0.29) is 11.9 Å². The van der Waals surface area contributed by atoms with E-state index in [0.29, 0.717) is 5.56 Å². The highest BCUT2D eigenvalue weighted by Crippen LogP contribution is 2.30. The average Bonchev–Trinajstić information content (AvgIpc) is 2.97. The van der Waals surface area contributed by atoms with Gasteiger partial charge in [-0.15, -0.1) is 0 Å². The molecule has 22 heavy (non-hydrogen) atoms. The molecule has 5 heteroatoms. The molecule has 0 heterocycles. The summed E-state index contributed by atoms with van der Waals surface area (Å²) in [6.07, 6.45) is 1.83. The molecule has 0 bridgehead atoms. The van der Waals surface area contributed by atoms with Gasteiger partial charge in [0.25, 0.3) is 5.91 Å². The molecule has 1 atom stereocenters. The molecule has 0 saturated heterocycles. The molecule has 5 nitrogen and oxygen atoms in total. The smallest absolute Gasteiger partial charge is 0.330 e. The minimum atomic E-state index is -0.411. The fraction of sp³-hybridized carbons (Fsp3) is 0.176. The maximum atomic E-state index is 11.9. The molecule has 0 aromatic heterocycles. The number of aryl methyl sites for hydroxylation is 1. The minimum Gasteiger partial charge on any atom is -0.330 e. The van der Waals surface area contributed by atoms with Crippen molar-refractivity contribution in [2.24, 2.45) is 0 Å². The van der Waals surface area contributed by atoms with Crippen molar-refractivity contribution >= 4 is 11.9 Å². The lowest BCUT2D eigenvalue weighted by atomic mass is 10.1. The Morgan fingerprint density at radius 3 is 2.45 bits per heavy atom. The van der Waals surface area contributed by atoms with Gasteiger partial charge in [0, 0.05) is 5.56 Å². The van der Waals surface area contributed by atoms with Crippen LogP contribution in [0.25, 0.3) is 0 Å². The zero-order valence-electron chi connectivity index (χ0n) is 12.0. The molecule has 0 spiro atoms. The summed E-state index contributed by atoms with van der Waals surface area (Å²) < 4.78 is 0. The Bertz CT molecular complexity index is 685. The second kappa shape index (κ2) is 6.30. The number of amides is 3. The summed E-state index contributed by atoms with van der Waals surface area (Å²) in [5.74, 6) is -0.345. The molecule has 3 rings (SSSR count). The molecule has 0 saturated carbocycles. The topological polar surface area (TPSA) is 70.2 Å². The molecule has 1 aliphatic rings. The third-order valence-corrected chi connectivity index (χ3v) is 3.76. The first kappa shape index (κ1) is 14.1. The number of fused-ring (bicyclic) bond motifs is 1. The van der Waals surface area contributed by atoms with Crippen molar-refractivity contribution in [3.8, 4) is 0 Å². The van der Waals surface area contributed by atoms with Gasteiger partial charge < -0.3 is 5.32 Å². The lowest BCUT2D eigenvalue weighted by Crippen LogP contribution is -2.47. The van der Waals surface area contributed by atoms with E-state index in [0.717, 1.165) is 18.4 Å². The maximum Gasteiger partial charge on any atom is 0.333 e. The average molecular weight is 295 g/mol. The summed E-state index contributed by atoms with van der Waals surface area (Å²) >= 11 is 0. The number of benzene rings is 2. The van der Waals surface area contributed by atoms with Crippen LogP contribution in [0.4, 0.5) is 4.79 Å². The van der Waals surface area contributed by atoms with Crippen molar-refractivity contribution in [1.29, 1.82) is 0 Å². The van der Waals surface area contributed by atoms with E-state index in [9.17, 15) is 9.59 Å². The molecule has 3 amide bonds. The van der Waals surface area contributed by atoms with E-state index in [1.54, 1.807) is 24.3 Å². The summed E-state index contributed by atoms with van der Waals surface area (Å²) in [5, 5.41) is 2.88. The van der Waals surface area contributed by atoms with Crippen LogP contribution in [0.1, 0.15) is 33.9 Å². The van der Waals surface area contributed by atoms with Crippen LogP contribution in [0, 0.1) is 0 Å². The first-order chi connectivity index (χ1) is 10.7. The molecule has 0 fully saturated rings. The van der Waals surface area contributed by atoms with Crippen LogP contribution in [0.5, 0.6) is 0 Å². The molecule has 2 aromatic rings. The van der Waals surface area contributed by atoms with E-state index in [1.165, 1.54) is 5.56 Å². The van der Waals surface area contributed by atoms with Gasteiger partial charge in [0.15, 0.2) is 0 Å². The van der Waals surface area contributed by atoms with Gasteiger partial charge in [-0.1, -0.05) is 42.5 Å². The summed E-state index contributed by atoms with van der Waals surface area (Å²) in [4.78, 5) is 23.7. The Kier molecular flexibility index (Phi) is 4.05. The van der Waals surface area contributed by atoms with Crippen molar-refractivity contribution in [3.05, 3.63) is 71.3 Å². The quantitative estimate of drug-likeness (QED) is 0.744. The Morgan fingerprint density at radius 2 is 1.64 bits per heavy atom. The molecule has 1 unspecified atom stereocenters. The Morgan fingerprint density at radius 1 is 0.909 bits per heavy atom. The van der Waals surface area contributed by atoms with Crippen LogP contribution in [0.2, 0.25) is 0 Å². The number of hydrogen-bond donors (Lipinski definition) is 3. The highest BCUT2D eigenvalue weighted by molar-refractivity contribution is 5.95. The van der Waals surface area contributed by atoms with Gasteiger partial charge >= 0.3 is 6.03 Å². The van der Waals surface area contributed by atoms with Crippen LogP contribution in [0.15, 0.2) is 54.6 Å². The normalized spacial score (nSPS) is 15.7. The SMILES string of the molecule is O=C(NNC(=O)c1ccccc1)NC1CCc2ccccc21. The zero-order valence-corrected chi connectivity index (χ0v) is 12.0. The fourth-order valence-electron chi connectivity index (χ4n) is 2.68. The molecule has 0 radical (unpaired) electrons. The second-order valence-corrected chi connectivity index (χ2v) is 5.21. The molecular formula is C17H17N3O2. The van der Waals surface area contributed by atoms with Crippen molar-refractivity contribution < 1.29 is 9.59 Å². The lowest BCUT2D eigenvalue weighted by molar-refractivity contribution is 0.0936. The third-order valence-electron chi connectivity index (χ3n) is 3.76. The lowest BCUT2D eigenvalue weighted by Gasteiger charge is -2.15. The standard InChI is InChI=1S/C17H17N3O2/c21-16(13-7-2-1-3-8-13)19-20-17(22)18-15-11-10-12-6-4-5-9-14(12)15/h1-9,15H,10-11H2,(H,19,21)(H2,18,20,22). The van der Waals surface area contributed by atoms with Crippen molar-refractivity contribution in [2.45, 2.75) is 18.9 Å². The van der Waals surface area contributed by atoms with E-state index < -0.39 is 6.03 Å². The van der Waals surface area contributed by atoms with Crippen molar-refractivity contribution in [2.75, 3.05) is 0 Å². The third kappa shape index (κ3) is 3.09. The van der Waals surface area contributed by atoms with Crippen LogP contribution < -0.4 is 16.2 Å². The largest absolute Gasteiger partial charge is 0.333 e. The van der Waals surface area contributed by atoms with E-state index in [1.807, 2.05) is 24.3 Å². The van der Waals surface area contributed by atoms with Crippen molar-refractivity contribution in [3.63, 3.8) is 0 Å². The zero-order chi connectivity index (χ0) is 15.4. The van der Waals surface area contributed by atoms with E-state index in [2.05, 4.69) is 22.2 Å². The Balaban J connectivity index is 1.53. The molecule has 0 aliphatic heterocycles. The number of hydrogen-bond acceptors (Lipinski definition) is 2. The minimum absolute atomic E-state index is 0.00942. The van der Waals surface area contributed by atoms with Gasteiger partial charge in [0.05, 0.1) is 6.04 Å². The second-order valence-electron chi connectivity index (χ2n) is 5.21. The van der Waals surface area contributed by atoms with Gasteiger partial charge in [-0.05, 0) is 36.1 Å². The number of urea groups is 1. The van der Waals surface area contributed by atoms with Gasteiger partial charge in [-0.2, -0.15) is 0 Å². The van der Waals surface area contributed by atoms with Gasteiger partial charge in [-0.25, -0.2) is 10.2 Å². The van der Waals surface area contributed by atoms with Crippen LogP contribution in [-0.4, -0.2) is 11.9 Å². The van der Waals surface area contributed by atoms with Gasteiger partial charge in [-0.3, -0.25) is 10.2 Å². The number of hydrazine groups is 1. The van der Waals surface area contributed by atoms with E-state index in [4.69, 9.17) is 0 Å². The summed E-state index contributed by atoms with van der Waals surface area (Å²) in [5.41, 5.74) is 7.69. The molecule has 3 N–H and O–H groups in total. The number of carbonyl (C=O) groups is 2. The molecular weight excluding hydrogens is 278 g/mol. The number of carbonyl (C=O) groups excluding carboxylic acids is 2. The van der Waals surface area contributed by atoms with Gasteiger partial charge in [0.1, 0.15) is 0 Å². The van der Waals surface area contributed by atoms with E-state index >= 15 is 0 Å². The predicted octanol–water partition coefficient (Wildman–Crippen LogP) is 2.32. The van der Waals surface area contributed by atoms with Crippen molar-refractivity contribution in [1.82, 2.24) is 16.2 Å². The van der Waals surface area contributed by atoms with Crippen LogP contribution >= 0.6 is 0 Å². The summed E-state index contributed by atoms with van der Waals surface area (Å²) in [7, 11) is 0. The van der Waals surface area contributed by atoms with Crippen LogP contribution in [0.3, 0.4) is 0 Å². The highest BCUT2D eigenvalue weighted by Gasteiger charge is 2.23. The predicted molar refractivity (Wildman–Crippen MR) is 83.1 cm³/mol. The fourth-order valence-corrected chi connectivity index (χ4v) is 2.68. The first-order valence-corrected chi connectivity index (χ1v) is 7.24. The molecule has 112 valence electrons. The van der Waals surface area contributed by atoms with Crippen LogP contribution in [-0.2, 0) is 6.42 Å². The summed E-state index contributed by atoms with van der Waals surface area (Å²) in [6, 6.07) is 16.4. The highest BCUT2D eigenvalue weighted by atomic mass is 16.2. The Labute approximate surface area is 128 Å². The monoisotopic (exact) mass is 295 g/mol. The first-order valence-electron chi connectivity index (χ1n) is 7.24. The number of rotatable bonds is 2. The summed E-state index contributed by atoms with van der Waals surface area (Å²) in [6.45, 7) is 0. The number of nitrogens with one attached hydrogen (secondary N) is 3.